The summed E-state index contributed by atoms with van der Waals surface area (Å²) in [6.07, 6.45) is 0. The molecule has 140 valence electrons. The molecule has 0 bridgehead atoms. The van der Waals surface area contributed by atoms with Crippen LogP contribution in [0, 0.1) is 5.82 Å². The van der Waals surface area contributed by atoms with E-state index < -0.39 is 0 Å². The molecule has 5 nitrogen and oxygen atoms in total. The number of benzene rings is 2. The minimum Gasteiger partial charge on any atom is -0.493 e. The van der Waals surface area contributed by atoms with Crippen molar-refractivity contribution in [2.45, 2.75) is 13.1 Å². The van der Waals surface area contributed by atoms with Crippen molar-refractivity contribution in [2.75, 3.05) is 27.8 Å². The summed E-state index contributed by atoms with van der Waals surface area (Å²) < 4.78 is 24.3. The quantitative estimate of drug-likeness (QED) is 0.733. The summed E-state index contributed by atoms with van der Waals surface area (Å²) in [6.45, 7) is 0.903. The van der Waals surface area contributed by atoms with E-state index in [0.29, 0.717) is 35.2 Å². The van der Waals surface area contributed by atoms with Crippen molar-refractivity contribution in [2.24, 2.45) is 0 Å². The van der Waals surface area contributed by atoms with E-state index in [1.807, 2.05) is 19.2 Å². The molecule has 1 amide bonds. The van der Waals surface area contributed by atoms with Crippen LogP contribution in [0.25, 0.3) is 0 Å². The highest BCUT2D eigenvalue weighted by atomic mass is 35.5. The number of hydrogen-bond donors (Lipinski definition) is 2. The SMILES string of the molecule is COc1ccc(CNC(=O)C[NH+](C)Cc2c(F)cccc2Cl)cc1OC. The van der Waals surface area contributed by atoms with Gasteiger partial charge in [0, 0.05) is 6.54 Å². The first-order valence-electron chi connectivity index (χ1n) is 8.16. The highest BCUT2D eigenvalue weighted by molar-refractivity contribution is 6.31. The van der Waals surface area contributed by atoms with Crippen molar-refractivity contribution >= 4 is 17.5 Å². The average molecular weight is 382 g/mol. The molecule has 2 aromatic rings. The van der Waals surface area contributed by atoms with Crippen molar-refractivity contribution in [3.05, 3.63) is 58.4 Å². The molecule has 26 heavy (non-hydrogen) atoms. The Morgan fingerprint density at radius 3 is 2.58 bits per heavy atom. The van der Waals surface area contributed by atoms with Gasteiger partial charge in [-0.15, -0.1) is 0 Å². The summed E-state index contributed by atoms with van der Waals surface area (Å²) in [4.78, 5) is 13.0. The molecular formula is C19H23ClFN2O3+. The van der Waals surface area contributed by atoms with Crippen LogP contribution in [-0.2, 0) is 17.9 Å². The van der Waals surface area contributed by atoms with Crippen LogP contribution >= 0.6 is 11.6 Å². The number of methoxy groups -OCH3 is 2. The normalized spacial score (nSPS) is 11.7. The zero-order valence-electron chi connectivity index (χ0n) is 15.1. The summed E-state index contributed by atoms with van der Waals surface area (Å²) >= 11 is 6.03. The third-order valence-corrected chi connectivity index (χ3v) is 4.29. The lowest BCUT2D eigenvalue weighted by Gasteiger charge is -2.15. The third kappa shape index (κ3) is 5.34. The van der Waals surface area contributed by atoms with E-state index in [0.717, 1.165) is 10.5 Å². The van der Waals surface area contributed by atoms with E-state index >= 15 is 0 Å². The fraction of sp³-hybridized carbons (Fsp3) is 0.316. The first-order valence-corrected chi connectivity index (χ1v) is 8.54. The van der Waals surface area contributed by atoms with E-state index in [9.17, 15) is 9.18 Å². The maximum absolute atomic E-state index is 13.8. The van der Waals surface area contributed by atoms with Crippen LogP contribution < -0.4 is 19.7 Å². The monoisotopic (exact) mass is 381 g/mol. The molecule has 0 aliphatic carbocycles. The van der Waals surface area contributed by atoms with E-state index in [1.54, 1.807) is 32.4 Å². The molecule has 0 saturated carbocycles. The van der Waals surface area contributed by atoms with Crippen molar-refractivity contribution < 1.29 is 23.6 Å². The van der Waals surface area contributed by atoms with Crippen LogP contribution in [-0.4, -0.2) is 33.7 Å². The largest absolute Gasteiger partial charge is 0.493 e. The first-order chi connectivity index (χ1) is 12.4. The number of halogens is 2. The molecule has 1 atom stereocenters. The highest BCUT2D eigenvalue weighted by Gasteiger charge is 2.15. The second kappa shape index (κ2) is 9.40. The molecule has 0 aliphatic heterocycles. The molecule has 2 N–H and O–H groups in total. The van der Waals surface area contributed by atoms with Gasteiger partial charge < -0.3 is 19.7 Å². The molecule has 7 heteroatoms. The number of ether oxygens (including phenoxy) is 2. The van der Waals surface area contributed by atoms with Gasteiger partial charge >= 0.3 is 0 Å². The summed E-state index contributed by atoms with van der Waals surface area (Å²) in [5, 5.41) is 3.22. The predicted octanol–water partition coefficient (Wildman–Crippen LogP) is 1.83. The van der Waals surface area contributed by atoms with Crippen LogP contribution in [0.2, 0.25) is 5.02 Å². The lowest BCUT2D eigenvalue weighted by atomic mass is 10.2. The maximum atomic E-state index is 13.8. The predicted molar refractivity (Wildman–Crippen MR) is 98.3 cm³/mol. The Morgan fingerprint density at radius 2 is 1.92 bits per heavy atom. The van der Waals surface area contributed by atoms with Gasteiger partial charge in [-0.3, -0.25) is 4.79 Å². The average Bonchev–Trinajstić information content (AvgIpc) is 2.62. The van der Waals surface area contributed by atoms with Gasteiger partial charge in [-0.2, -0.15) is 0 Å². The highest BCUT2D eigenvalue weighted by Crippen LogP contribution is 2.27. The molecule has 0 heterocycles. The van der Waals surface area contributed by atoms with E-state index in [1.165, 1.54) is 6.07 Å². The van der Waals surface area contributed by atoms with Gasteiger partial charge in [-0.05, 0) is 29.8 Å². The second-order valence-corrected chi connectivity index (χ2v) is 6.38. The van der Waals surface area contributed by atoms with Gasteiger partial charge in [0.15, 0.2) is 18.0 Å². The van der Waals surface area contributed by atoms with Crippen LogP contribution in [0.4, 0.5) is 4.39 Å². The Balaban J connectivity index is 1.88. The van der Waals surface area contributed by atoms with Crippen molar-refractivity contribution in [3.8, 4) is 11.5 Å². The van der Waals surface area contributed by atoms with E-state index in [2.05, 4.69) is 5.32 Å². The number of carbonyl (C=O) groups excluding carboxylic acids is 1. The van der Waals surface area contributed by atoms with Gasteiger partial charge in [0.2, 0.25) is 0 Å². The Morgan fingerprint density at radius 1 is 1.19 bits per heavy atom. The van der Waals surface area contributed by atoms with Gasteiger partial charge in [-0.1, -0.05) is 23.7 Å². The standard InChI is InChI=1S/C19H22ClFN2O3/c1-23(11-14-15(20)5-4-6-16(14)21)12-19(24)22-10-13-7-8-17(25-2)18(9-13)26-3/h4-9H,10-12H2,1-3H3,(H,22,24)/p+1. The maximum Gasteiger partial charge on any atom is 0.275 e. The van der Waals surface area contributed by atoms with Crippen molar-refractivity contribution in [3.63, 3.8) is 0 Å². The van der Waals surface area contributed by atoms with Gasteiger partial charge in [0.05, 0.1) is 31.9 Å². The molecule has 0 radical (unpaired) electrons. The number of amides is 1. The molecular weight excluding hydrogens is 359 g/mol. The molecule has 2 aromatic carbocycles. The van der Waals surface area contributed by atoms with E-state index in [4.69, 9.17) is 21.1 Å². The smallest absolute Gasteiger partial charge is 0.275 e. The molecule has 2 rings (SSSR count). The van der Waals surface area contributed by atoms with Crippen molar-refractivity contribution in [1.82, 2.24) is 5.32 Å². The number of likely N-dealkylation sites (N-methyl/N-ethyl adjacent to an activating group) is 1. The molecule has 0 fully saturated rings. The van der Waals surface area contributed by atoms with E-state index in [-0.39, 0.29) is 18.3 Å². The topological polar surface area (TPSA) is 52.0 Å². The second-order valence-electron chi connectivity index (χ2n) is 5.98. The Bertz CT molecular complexity index is 750. The lowest BCUT2D eigenvalue weighted by Crippen LogP contribution is -3.09. The van der Waals surface area contributed by atoms with Gasteiger partial charge in [0.25, 0.3) is 5.91 Å². The Hall–Kier alpha value is -2.31. The molecule has 0 saturated heterocycles. The van der Waals surface area contributed by atoms with Crippen LogP contribution in [0.3, 0.4) is 0 Å². The number of nitrogens with one attached hydrogen (secondary N) is 2. The molecule has 1 unspecified atom stereocenters. The fourth-order valence-corrected chi connectivity index (χ4v) is 2.82. The van der Waals surface area contributed by atoms with Crippen LogP contribution in [0.1, 0.15) is 11.1 Å². The number of rotatable bonds is 8. The molecule has 0 aromatic heterocycles. The Kier molecular flexibility index (Phi) is 7.24. The van der Waals surface area contributed by atoms with Crippen LogP contribution in [0.5, 0.6) is 11.5 Å². The summed E-state index contributed by atoms with van der Waals surface area (Å²) in [5.74, 6) is 0.747. The van der Waals surface area contributed by atoms with Gasteiger partial charge in [0.1, 0.15) is 12.4 Å². The molecule has 0 spiro atoms. The molecule has 0 aliphatic rings. The van der Waals surface area contributed by atoms with Crippen molar-refractivity contribution in [1.29, 1.82) is 0 Å². The van der Waals surface area contributed by atoms with Crippen LogP contribution in [0.15, 0.2) is 36.4 Å². The minimum absolute atomic E-state index is 0.134. The zero-order valence-corrected chi connectivity index (χ0v) is 15.8. The number of quaternary nitrogens is 1. The summed E-state index contributed by atoms with van der Waals surface area (Å²) in [6, 6.07) is 10.0. The van der Waals surface area contributed by atoms with Gasteiger partial charge in [-0.25, -0.2) is 4.39 Å². The Labute approximate surface area is 157 Å². The fourth-order valence-electron chi connectivity index (χ4n) is 2.59. The summed E-state index contributed by atoms with van der Waals surface area (Å²) in [7, 11) is 4.95. The minimum atomic E-state index is -0.359. The first kappa shape index (κ1) is 20.0. The zero-order chi connectivity index (χ0) is 19.1. The number of carbonyl (C=O) groups is 1. The lowest BCUT2D eigenvalue weighted by molar-refractivity contribution is -0.885. The summed E-state index contributed by atoms with van der Waals surface area (Å²) in [5.41, 5.74) is 1.31. The number of hydrogen-bond acceptors (Lipinski definition) is 3. The third-order valence-electron chi connectivity index (χ3n) is 3.94.